The van der Waals surface area contributed by atoms with Crippen molar-refractivity contribution >= 4 is 6.03 Å². The first-order valence-electron chi connectivity index (χ1n) is 8.60. The number of aromatic hydroxyl groups is 1. The Labute approximate surface area is 154 Å². The molecule has 0 aromatic heterocycles. The first-order valence-corrected chi connectivity index (χ1v) is 8.60. The quantitative estimate of drug-likeness (QED) is 0.679. The molecule has 6 nitrogen and oxygen atoms in total. The van der Waals surface area contributed by atoms with Crippen LogP contribution in [0.2, 0.25) is 0 Å². The lowest BCUT2D eigenvalue weighted by atomic mass is 10.0. The molecule has 2 amide bonds. The molecule has 3 N–H and O–H groups in total. The number of methoxy groups -OCH3 is 1. The third kappa shape index (κ3) is 5.67. The number of carbonyl (C=O) groups is 1. The van der Waals surface area contributed by atoms with Gasteiger partial charge in [-0.05, 0) is 44.3 Å². The van der Waals surface area contributed by atoms with Crippen molar-refractivity contribution in [1.82, 2.24) is 15.5 Å². The smallest absolute Gasteiger partial charge is 0.314 e. The predicted octanol–water partition coefficient (Wildman–Crippen LogP) is 2.55. The third-order valence-electron chi connectivity index (χ3n) is 4.19. The summed E-state index contributed by atoms with van der Waals surface area (Å²) in [5, 5.41) is 15.2. The highest BCUT2D eigenvalue weighted by Gasteiger charge is 2.18. The van der Waals surface area contributed by atoms with Crippen LogP contribution in [0.15, 0.2) is 48.5 Å². The highest BCUT2D eigenvalue weighted by molar-refractivity contribution is 5.73. The number of urea groups is 1. The molecule has 0 fully saturated rings. The molecule has 0 aliphatic heterocycles. The molecule has 1 atom stereocenters. The molecule has 0 heterocycles. The fourth-order valence-corrected chi connectivity index (χ4v) is 2.80. The van der Waals surface area contributed by atoms with Gasteiger partial charge in [-0.3, -0.25) is 0 Å². The largest absolute Gasteiger partial charge is 0.508 e. The molecule has 2 aromatic rings. The fraction of sp³-hybridized carbons (Fsp3) is 0.350. The zero-order valence-corrected chi connectivity index (χ0v) is 15.5. The van der Waals surface area contributed by atoms with Gasteiger partial charge in [0, 0.05) is 18.7 Å². The number of para-hydroxylation sites is 1. The number of carbonyl (C=O) groups excluding carboxylic acids is 1. The van der Waals surface area contributed by atoms with Crippen molar-refractivity contribution in [2.24, 2.45) is 0 Å². The highest BCUT2D eigenvalue weighted by atomic mass is 16.5. The van der Waals surface area contributed by atoms with Gasteiger partial charge in [0.15, 0.2) is 0 Å². The van der Waals surface area contributed by atoms with Gasteiger partial charge < -0.3 is 25.4 Å². The van der Waals surface area contributed by atoms with Crippen LogP contribution < -0.4 is 15.4 Å². The van der Waals surface area contributed by atoms with Crippen molar-refractivity contribution in [2.75, 3.05) is 34.3 Å². The third-order valence-corrected chi connectivity index (χ3v) is 4.19. The van der Waals surface area contributed by atoms with Gasteiger partial charge in [0.05, 0.1) is 13.2 Å². The predicted molar refractivity (Wildman–Crippen MR) is 103 cm³/mol. The lowest BCUT2D eigenvalue weighted by Gasteiger charge is -2.26. The number of likely N-dealkylation sites (N-methyl/N-ethyl adjacent to an activating group) is 1. The first-order chi connectivity index (χ1) is 12.5. The molecular formula is C20H27N3O3. The number of phenols is 1. The van der Waals surface area contributed by atoms with E-state index in [0.29, 0.717) is 19.5 Å². The van der Waals surface area contributed by atoms with Crippen molar-refractivity contribution < 1.29 is 14.6 Å². The van der Waals surface area contributed by atoms with Gasteiger partial charge in [-0.1, -0.05) is 30.3 Å². The summed E-state index contributed by atoms with van der Waals surface area (Å²) in [6.07, 6.45) is 0.658. The van der Waals surface area contributed by atoms with Crippen LogP contribution in [-0.2, 0) is 6.42 Å². The molecule has 0 radical (unpaired) electrons. The second kappa shape index (κ2) is 9.68. The fourth-order valence-electron chi connectivity index (χ4n) is 2.80. The van der Waals surface area contributed by atoms with Crippen LogP contribution in [0.1, 0.15) is 17.2 Å². The van der Waals surface area contributed by atoms with Gasteiger partial charge in [0.1, 0.15) is 11.5 Å². The Morgan fingerprint density at radius 2 is 1.92 bits per heavy atom. The zero-order valence-electron chi connectivity index (χ0n) is 15.5. The minimum absolute atomic E-state index is 0.00275. The molecule has 0 saturated carbocycles. The van der Waals surface area contributed by atoms with Crippen molar-refractivity contribution in [1.29, 1.82) is 0 Å². The van der Waals surface area contributed by atoms with Crippen LogP contribution in [0.4, 0.5) is 4.79 Å². The number of hydrogen-bond donors (Lipinski definition) is 3. The average Bonchev–Trinajstić information content (AvgIpc) is 2.62. The van der Waals surface area contributed by atoms with E-state index in [4.69, 9.17) is 4.74 Å². The van der Waals surface area contributed by atoms with Gasteiger partial charge >= 0.3 is 6.03 Å². The molecular weight excluding hydrogens is 330 g/mol. The van der Waals surface area contributed by atoms with Gasteiger partial charge in [-0.25, -0.2) is 4.79 Å². The molecule has 2 rings (SSSR count). The molecule has 6 heteroatoms. The second-order valence-electron chi connectivity index (χ2n) is 6.28. The summed E-state index contributed by atoms with van der Waals surface area (Å²) in [6, 6.07) is 14.6. The summed E-state index contributed by atoms with van der Waals surface area (Å²) in [7, 11) is 5.59. The monoisotopic (exact) mass is 357 g/mol. The van der Waals surface area contributed by atoms with E-state index in [1.807, 2.05) is 49.3 Å². The molecule has 0 aliphatic rings. The normalized spacial score (nSPS) is 11.8. The second-order valence-corrected chi connectivity index (χ2v) is 6.28. The van der Waals surface area contributed by atoms with Crippen LogP contribution >= 0.6 is 0 Å². The minimum Gasteiger partial charge on any atom is -0.508 e. The van der Waals surface area contributed by atoms with Crippen molar-refractivity contribution in [3.63, 3.8) is 0 Å². The van der Waals surface area contributed by atoms with Gasteiger partial charge in [-0.2, -0.15) is 0 Å². The first kappa shape index (κ1) is 19.6. The summed E-state index contributed by atoms with van der Waals surface area (Å²) < 4.78 is 5.43. The van der Waals surface area contributed by atoms with E-state index in [1.165, 1.54) is 0 Å². The Bertz CT molecular complexity index is 719. The number of nitrogens with zero attached hydrogens (tertiary/aromatic N) is 1. The van der Waals surface area contributed by atoms with Gasteiger partial charge in [0.25, 0.3) is 0 Å². The van der Waals surface area contributed by atoms with E-state index in [0.717, 1.165) is 16.9 Å². The van der Waals surface area contributed by atoms with Gasteiger partial charge in [0.2, 0.25) is 0 Å². The maximum Gasteiger partial charge on any atom is 0.314 e. The van der Waals surface area contributed by atoms with Crippen molar-refractivity contribution in [3.8, 4) is 11.5 Å². The van der Waals surface area contributed by atoms with Crippen LogP contribution in [0.25, 0.3) is 0 Å². The van der Waals surface area contributed by atoms with Crippen molar-refractivity contribution in [2.45, 2.75) is 12.5 Å². The Hall–Kier alpha value is -2.73. The number of nitrogens with one attached hydrogen (secondary N) is 2. The van der Waals surface area contributed by atoms with E-state index in [-0.39, 0.29) is 17.8 Å². The molecule has 2 aromatic carbocycles. The van der Waals surface area contributed by atoms with Crippen LogP contribution in [0, 0.1) is 0 Å². The number of ether oxygens (including phenoxy) is 1. The number of rotatable bonds is 8. The molecule has 140 valence electrons. The van der Waals surface area contributed by atoms with Gasteiger partial charge in [-0.15, -0.1) is 0 Å². The Balaban J connectivity index is 1.85. The SMILES string of the molecule is COc1ccccc1C(CNC(=O)NCCc1cccc(O)c1)N(C)C. The summed E-state index contributed by atoms with van der Waals surface area (Å²) in [6.45, 7) is 0.960. The number of hydrogen-bond acceptors (Lipinski definition) is 4. The van der Waals surface area contributed by atoms with Crippen LogP contribution in [0.3, 0.4) is 0 Å². The summed E-state index contributed by atoms with van der Waals surface area (Å²) in [5.74, 6) is 1.04. The lowest BCUT2D eigenvalue weighted by molar-refractivity contribution is 0.232. The Kier molecular flexibility index (Phi) is 7.29. The van der Waals surface area contributed by atoms with E-state index in [1.54, 1.807) is 25.3 Å². The van der Waals surface area contributed by atoms with Crippen LogP contribution in [-0.4, -0.2) is 50.3 Å². The number of benzene rings is 2. The van der Waals surface area contributed by atoms with E-state index in [2.05, 4.69) is 10.6 Å². The summed E-state index contributed by atoms with van der Waals surface area (Å²) in [5.41, 5.74) is 2.01. The maximum atomic E-state index is 12.1. The maximum absolute atomic E-state index is 12.1. The molecule has 1 unspecified atom stereocenters. The Morgan fingerprint density at radius 1 is 1.15 bits per heavy atom. The molecule has 0 aliphatic carbocycles. The van der Waals surface area contributed by atoms with E-state index in [9.17, 15) is 9.90 Å². The topological polar surface area (TPSA) is 73.8 Å². The summed E-state index contributed by atoms with van der Waals surface area (Å²) in [4.78, 5) is 14.1. The standard InChI is InChI=1S/C20H27N3O3/c1-23(2)18(17-9-4-5-10-19(17)26-3)14-22-20(25)21-12-11-15-7-6-8-16(24)13-15/h4-10,13,18,24H,11-12,14H2,1-3H3,(H2,21,22,25). The zero-order chi connectivity index (χ0) is 18.9. The number of phenolic OH excluding ortho intramolecular Hbond substituents is 1. The average molecular weight is 357 g/mol. The molecule has 0 spiro atoms. The van der Waals surface area contributed by atoms with Crippen LogP contribution in [0.5, 0.6) is 11.5 Å². The van der Waals surface area contributed by atoms with E-state index < -0.39 is 0 Å². The molecule has 26 heavy (non-hydrogen) atoms. The van der Waals surface area contributed by atoms with E-state index >= 15 is 0 Å². The Morgan fingerprint density at radius 3 is 2.62 bits per heavy atom. The van der Waals surface area contributed by atoms with Crippen molar-refractivity contribution in [3.05, 3.63) is 59.7 Å². The number of amides is 2. The summed E-state index contributed by atoms with van der Waals surface area (Å²) >= 11 is 0. The lowest BCUT2D eigenvalue weighted by Crippen LogP contribution is -2.41. The molecule has 0 saturated heterocycles. The minimum atomic E-state index is -0.216. The molecule has 0 bridgehead atoms. The highest BCUT2D eigenvalue weighted by Crippen LogP contribution is 2.27.